The van der Waals surface area contributed by atoms with Crippen molar-refractivity contribution in [2.75, 3.05) is 13.1 Å². The number of hydrogen-bond donors (Lipinski definition) is 4. The Morgan fingerprint density at radius 2 is 1.74 bits per heavy atom. The third-order valence-electron chi connectivity index (χ3n) is 10.8. The third-order valence-corrected chi connectivity index (χ3v) is 10.8. The number of carbonyl (C=O) groups is 6. The molecule has 5 amide bonds. The zero-order chi connectivity index (χ0) is 36.8. The second-order valence-electron chi connectivity index (χ2n) is 15.7. The van der Waals surface area contributed by atoms with E-state index >= 15 is 0 Å². The third kappa shape index (κ3) is 8.76. The molecule has 0 spiro atoms. The number of unbranched alkanes of at least 4 members (excludes halogenated alkanes) is 1. The maximum atomic E-state index is 14.6. The highest BCUT2D eigenvalue weighted by atomic mass is 16.2. The average molecular weight is 694 g/mol. The Bertz CT molecular complexity index is 1440. The van der Waals surface area contributed by atoms with Crippen LogP contribution in [0.2, 0.25) is 0 Å². The van der Waals surface area contributed by atoms with Crippen LogP contribution in [0.4, 0.5) is 0 Å². The summed E-state index contributed by atoms with van der Waals surface area (Å²) in [6, 6.07) is -3.85. The average Bonchev–Trinajstić information content (AvgIpc) is 3.39. The molecule has 1 aliphatic heterocycles. The van der Waals surface area contributed by atoms with E-state index in [0.717, 1.165) is 38.5 Å². The molecule has 1 aromatic rings. The number of aromatic nitrogens is 2. The minimum atomic E-state index is -1.04. The molecule has 3 fully saturated rings. The number of amides is 5. The second kappa shape index (κ2) is 16.2. The highest BCUT2D eigenvalue weighted by Gasteiger charge is 2.70. The fourth-order valence-electron chi connectivity index (χ4n) is 7.70. The molecule has 13 nitrogen and oxygen atoms in total. The summed E-state index contributed by atoms with van der Waals surface area (Å²) >= 11 is 0. The molecular weight excluding hydrogens is 638 g/mol. The minimum absolute atomic E-state index is 0.0560. The minimum Gasteiger partial charge on any atom is -0.346 e. The van der Waals surface area contributed by atoms with Gasteiger partial charge in [0, 0.05) is 25.5 Å². The number of Topliss-reactive ketones (excluding diaryl/α,β-unsaturated/α-hetero) is 1. The second-order valence-corrected chi connectivity index (χ2v) is 15.7. The van der Waals surface area contributed by atoms with Gasteiger partial charge in [-0.15, -0.1) is 6.58 Å². The van der Waals surface area contributed by atoms with Gasteiger partial charge in [0.25, 0.3) is 11.8 Å². The SMILES string of the molecule is C=CCNC(=O)C(=O)C(CCCC)NC(=O)[C@@H]1[C@@H]2[C@H](CN1C(=O)[C@@H](NC(=O)[C@@H](NC(=O)c1cnccn1)C1CCCCC1)C(C)(C)C)C2(C)C. The number of piperidine rings is 1. The molecule has 1 aromatic heterocycles. The Morgan fingerprint density at radius 1 is 1.04 bits per heavy atom. The lowest BCUT2D eigenvalue weighted by atomic mass is 9.82. The van der Waals surface area contributed by atoms with Gasteiger partial charge in [0.15, 0.2) is 0 Å². The Morgan fingerprint density at radius 3 is 2.34 bits per heavy atom. The van der Waals surface area contributed by atoms with Gasteiger partial charge in [-0.1, -0.05) is 79.7 Å². The molecule has 13 heteroatoms. The number of rotatable bonds is 15. The normalized spacial score (nSPS) is 23.0. The lowest BCUT2D eigenvalue weighted by molar-refractivity contribution is -0.147. The first-order chi connectivity index (χ1) is 23.6. The van der Waals surface area contributed by atoms with Crippen molar-refractivity contribution < 1.29 is 28.8 Å². The quantitative estimate of drug-likeness (QED) is 0.160. The van der Waals surface area contributed by atoms with E-state index in [4.69, 9.17) is 0 Å². The van der Waals surface area contributed by atoms with Crippen LogP contribution in [0.25, 0.3) is 0 Å². The van der Waals surface area contributed by atoms with Crippen LogP contribution in [0.15, 0.2) is 31.2 Å². The van der Waals surface area contributed by atoms with Crippen molar-refractivity contribution in [2.45, 2.75) is 117 Å². The maximum absolute atomic E-state index is 14.6. The van der Waals surface area contributed by atoms with Crippen molar-refractivity contribution in [3.8, 4) is 0 Å². The molecule has 2 heterocycles. The highest BCUT2D eigenvalue weighted by molar-refractivity contribution is 6.38. The van der Waals surface area contributed by atoms with Crippen molar-refractivity contribution in [1.82, 2.24) is 36.1 Å². The van der Waals surface area contributed by atoms with Crippen LogP contribution in [0, 0.1) is 28.6 Å². The molecule has 1 saturated heterocycles. The first kappa shape index (κ1) is 38.6. The van der Waals surface area contributed by atoms with Crippen LogP contribution in [0.3, 0.4) is 0 Å². The molecule has 1 unspecified atom stereocenters. The molecule has 2 saturated carbocycles. The van der Waals surface area contributed by atoms with E-state index in [1.165, 1.54) is 24.7 Å². The van der Waals surface area contributed by atoms with E-state index in [-0.39, 0.29) is 41.8 Å². The highest BCUT2D eigenvalue weighted by Crippen LogP contribution is 2.65. The lowest BCUT2D eigenvalue weighted by Crippen LogP contribution is -2.62. The van der Waals surface area contributed by atoms with E-state index in [2.05, 4.69) is 51.7 Å². The largest absolute Gasteiger partial charge is 0.346 e. The fraction of sp³-hybridized carbons (Fsp3) is 0.676. The molecule has 0 radical (unpaired) electrons. The molecule has 3 aliphatic rings. The van der Waals surface area contributed by atoms with Crippen LogP contribution in [0.1, 0.15) is 103 Å². The van der Waals surface area contributed by atoms with Crippen LogP contribution < -0.4 is 21.3 Å². The van der Waals surface area contributed by atoms with Crippen molar-refractivity contribution in [2.24, 2.45) is 28.6 Å². The predicted molar refractivity (Wildman–Crippen MR) is 187 cm³/mol. The summed E-state index contributed by atoms with van der Waals surface area (Å²) in [6.07, 6.45) is 11.7. The van der Waals surface area contributed by atoms with E-state index in [9.17, 15) is 28.8 Å². The standard InChI is InChI=1S/C37H55N7O6/c1-8-10-16-24(29(45)34(49)40-17-9-2)41-33(48)28-26-23(37(26,6)7)21-44(28)35(50)30(36(3,4)5)43-32(47)27(22-14-12-11-13-15-22)42-31(46)25-20-38-18-19-39-25/h9,18-20,22-24,26-28,30H,2,8,10-17,21H2,1,3-7H3,(H,40,49)(H,41,48)(H,42,46)(H,43,47)/t23-,24?,26-,27-,28-,30+/m0/s1. The number of nitrogens with zero attached hydrogens (tertiary/aromatic N) is 3. The lowest BCUT2D eigenvalue weighted by Gasteiger charge is -2.39. The number of fused-ring (bicyclic) bond motifs is 1. The van der Waals surface area contributed by atoms with Gasteiger partial charge in [-0.05, 0) is 47.8 Å². The number of nitrogens with one attached hydrogen (secondary N) is 4. The van der Waals surface area contributed by atoms with E-state index in [0.29, 0.717) is 13.0 Å². The Balaban J connectivity index is 1.58. The number of carbonyl (C=O) groups excluding carboxylic acids is 6. The number of ketones is 1. The summed E-state index contributed by atoms with van der Waals surface area (Å²) in [7, 11) is 0. The molecule has 0 bridgehead atoms. The summed E-state index contributed by atoms with van der Waals surface area (Å²) in [5.41, 5.74) is -0.878. The van der Waals surface area contributed by atoms with Crippen molar-refractivity contribution >= 4 is 35.3 Å². The van der Waals surface area contributed by atoms with Crippen molar-refractivity contribution in [1.29, 1.82) is 0 Å². The number of hydrogen-bond acceptors (Lipinski definition) is 8. The van der Waals surface area contributed by atoms with Crippen LogP contribution in [-0.4, -0.2) is 87.4 Å². The van der Waals surface area contributed by atoms with Crippen molar-refractivity contribution in [3.05, 3.63) is 36.9 Å². The van der Waals surface area contributed by atoms with E-state index < -0.39 is 64.9 Å². The summed E-state index contributed by atoms with van der Waals surface area (Å²) in [5, 5.41) is 11.2. The zero-order valence-corrected chi connectivity index (χ0v) is 30.4. The molecule has 50 heavy (non-hydrogen) atoms. The first-order valence-corrected chi connectivity index (χ1v) is 18.0. The first-order valence-electron chi connectivity index (χ1n) is 18.0. The van der Waals surface area contributed by atoms with Gasteiger partial charge < -0.3 is 26.2 Å². The van der Waals surface area contributed by atoms with Gasteiger partial charge in [-0.2, -0.15) is 0 Å². The summed E-state index contributed by atoms with van der Waals surface area (Å²) in [5.74, 6) is -3.65. The molecule has 4 rings (SSSR count). The van der Waals surface area contributed by atoms with E-state index in [1.807, 2.05) is 27.7 Å². The smallest absolute Gasteiger partial charge is 0.289 e. The molecule has 6 atom stereocenters. The molecule has 2 aliphatic carbocycles. The van der Waals surface area contributed by atoms with Gasteiger partial charge >= 0.3 is 0 Å². The molecule has 4 N–H and O–H groups in total. The Labute approximate surface area is 295 Å². The van der Waals surface area contributed by atoms with Gasteiger partial charge in [-0.25, -0.2) is 4.98 Å². The van der Waals surface area contributed by atoms with E-state index in [1.54, 1.807) is 4.90 Å². The molecule has 0 aromatic carbocycles. The zero-order valence-electron chi connectivity index (χ0n) is 30.4. The predicted octanol–water partition coefficient (Wildman–Crippen LogP) is 2.72. The molecular formula is C37H55N7O6. The van der Waals surface area contributed by atoms with Crippen LogP contribution in [0.5, 0.6) is 0 Å². The summed E-state index contributed by atoms with van der Waals surface area (Å²) in [4.78, 5) is 91.3. The topological polar surface area (TPSA) is 180 Å². The van der Waals surface area contributed by atoms with Gasteiger partial charge in [-0.3, -0.25) is 33.8 Å². The van der Waals surface area contributed by atoms with Gasteiger partial charge in [0.2, 0.25) is 23.5 Å². The fourth-order valence-corrected chi connectivity index (χ4v) is 7.70. The monoisotopic (exact) mass is 693 g/mol. The van der Waals surface area contributed by atoms with Gasteiger partial charge in [0.1, 0.15) is 23.8 Å². The Hall–Kier alpha value is -4.16. The summed E-state index contributed by atoms with van der Waals surface area (Å²) in [6.45, 7) is 15.6. The molecule has 274 valence electrons. The van der Waals surface area contributed by atoms with Crippen LogP contribution in [-0.2, 0) is 24.0 Å². The van der Waals surface area contributed by atoms with Crippen LogP contribution >= 0.6 is 0 Å². The Kier molecular flexibility index (Phi) is 12.6. The van der Waals surface area contributed by atoms with Crippen molar-refractivity contribution in [3.63, 3.8) is 0 Å². The van der Waals surface area contributed by atoms with Gasteiger partial charge in [0.05, 0.1) is 12.2 Å². The maximum Gasteiger partial charge on any atom is 0.289 e. The summed E-state index contributed by atoms with van der Waals surface area (Å²) < 4.78 is 0. The number of likely N-dealkylation sites (tertiary alicyclic amines) is 1.